The Morgan fingerprint density at radius 2 is 2.10 bits per heavy atom. The second-order valence-corrected chi connectivity index (χ2v) is 6.34. The Morgan fingerprint density at radius 3 is 2.81 bits per heavy atom. The maximum atomic E-state index is 12.2. The molecule has 110 valence electrons. The van der Waals surface area contributed by atoms with E-state index in [1.165, 1.54) is 29.7 Å². The van der Waals surface area contributed by atoms with Gasteiger partial charge < -0.3 is 10.6 Å². The summed E-state index contributed by atoms with van der Waals surface area (Å²) in [7, 11) is 0. The first-order valence-corrected chi connectivity index (χ1v) is 8.10. The Bertz CT molecular complexity index is 620. The zero-order valence-electron chi connectivity index (χ0n) is 12.1. The monoisotopic (exact) mass is 301 g/mol. The van der Waals surface area contributed by atoms with Gasteiger partial charge in [0.25, 0.3) is 5.91 Å². The van der Waals surface area contributed by atoms with Crippen molar-refractivity contribution in [1.82, 2.24) is 10.3 Å². The number of carbonyl (C=O) groups excluding carboxylic acids is 1. The molecule has 0 aliphatic heterocycles. The van der Waals surface area contributed by atoms with Crippen LogP contribution in [0.5, 0.6) is 0 Å². The van der Waals surface area contributed by atoms with Crippen LogP contribution < -0.4 is 10.6 Å². The average Bonchev–Trinajstić information content (AvgIpc) is 3.21. The third-order valence-electron chi connectivity index (χ3n) is 3.45. The Balaban J connectivity index is 1.53. The summed E-state index contributed by atoms with van der Waals surface area (Å²) in [6, 6.07) is 10.7. The standard InChI is InChI=1S/C16H19N3OS/c1-11-14(21-16(18-11)19-13-7-8-13)15(20)17-10-9-12-5-3-2-4-6-12/h2-6,13H,7-10H2,1H3,(H,17,20)(H,18,19). The van der Waals surface area contributed by atoms with Crippen LogP contribution in [0.15, 0.2) is 30.3 Å². The number of rotatable bonds is 6. The first-order valence-electron chi connectivity index (χ1n) is 7.28. The number of hydrogen-bond donors (Lipinski definition) is 2. The van der Waals surface area contributed by atoms with Crippen LogP contribution in [0, 0.1) is 6.92 Å². The van der Waals surface area contributed by atoms with Crippen molar-refractivity contribution in [3.8, 4) is 0 Å². The van der Waals surface area contributed by atoms with Gasteiger partial charge in [0, 0.05) is 12.6 Å². The Hall–Kier alpha value is -1.88. The van der Waals surface area contributed by atoms with Gasteiger partial charge in [-0.25, -0.2) is 4.98 Å². The highest BCUT2D eigenvalue weighted by Gasteiger charge is 2.23. The molecule has 0 saturated heterocycles. The van der Waals surface area contributed by atoms with Crippen LogP contribution in [0.1, 0.15) is 33.8 Å². The predicted octanol–water partition coefficient (Wildman–Crippen LogP) is 3.00. The van der Waals surface area contributed by atoms with Crippen LogP contribution in [0.4, 0.5) is 5.13 Å². The molecule has 0 unspecified atom stereocenters. The summed E-state index contributed by atoms with van der Waals surface area (Å²) in [6.45, 7) is 2.53. The molecular formula is C16H19N3OS. The van der Waals surface area contributed by atoms with Crippen molar-refractivity contribution in [3.05, 3.63) is 46.5 Å². The van der Waals surface area contributed by atoms with E-state index in [9.17, 15) is 4.79 Å². The van der Waals surface area contributed by atoms with E-state index < -0.39 is 0 Å². The van der Waals surface area contributed by atoms with Crippen LogP contribution in [-0.2, 0) is 6.42 Å². The van der Waals surface area contributed by atoms with Crippen LogP contribution >= 0.6 is 11.3 Å². The molecule has 5 heteroatoms. The molecule has 1 aliphatic rings. The summed E-state index contributed by atoms with van der Waals surface area (Å²) < 4.78 is 0. The van der Waals surface area contributed by atoms with Gasteiger partial charge in [0.05, 0.1) is 5.69 Å². The molecule has 1 amide bonds. The molecule has 1 fully saturated rings. The second-order valence-electron chi connectivity index (χ2n) is 5.34. The molecule has 0 atom stereocenters. The summed E-state index contributed by atoms with van der Waals surface area (Å²) >= 11 is 1.45. The van der Waals surface area contributed by atoms with E-state index >= 15 is 0 Å². The van der Waals surface area contributed by atoms with Gasteiger partial charge in [0.1, 0.15) is 4.88 Å². The van der Waals surface area contributed by atoms with Gasteiger partial charge in [0.2, 0.25) is 0 Å². The number of amides is 1. The fourth-order valence-electron chi connectivity index (χ4n) is 2.12. The van der Waals surface area contributed by atoms with Crippen molar-refractivity contribution >= 4 is 22.4 Å². The van der Waals surface area contributed by atoms with Crippen molar-refractivity contribution in [3.63, 3.8) is 0 Å². The summed E-state index contributed by atoms with van der Waals surface area (Å²) in [4.78, 5) is 17.3. The van der Waals surface area contributed by atoms with Gasteiger partial charge in [-0.15, -0.1) is 0 Å². The largest absolute Gasteiger partial charge is 0.359 e. The summed E-state index contributed by atoms with van der Waals surface area (Å²) in [5.74, 6) is -0.0234. The number of hydrogen-bond acceptors (Lipinski definition) is 4. The number of aryl methyl sites for hydroxylation is 1. The van der Waals surface area contributed by atoms with Gasteiger partial charge in [-0.2, -0.15) is 0 Å². The minimum absolute atomic E-state index is 0.0234. The molecule has 4 nitrogen and oxygen atoms in total. The van der Waals surface area contributed by atoms with E-state index in [1.54, 1.807) is 0 Å². The van der Waals surface area contributed by atoms with E-state index in [0.717, 1.165) is 17.2 Å². The van der Waals surface area contributed by atoms with Crippen molar-refractivity contribution < 1.29 is 4.79 Å². The smallest absolute Gasteiger partial charge is 0.263 e. The Kier molecular flexibility index (Phi) is 4.20. The van der Waals surface area contributed by atoms with E-state index in [1.807, 2.05) is 25.1 Å². The highest BCUT2D eigenvalue weighted by molar-refractivity contribution is 7.17. The van der Waals surface area contributed by atoms with Crippen LogP contribution in [0.2, 0.25) is 0 Å². The number of aromatic nitrogens is 1. The van der Waals surface area contributed by atoms with Crippen LogP contribution in [-0.4, -0.2) is 23.5 Å². The molecule has 0 radical (unpaired) electrons. The summed E-state index contributed by atoms with van der Waals surface area (Å²) in [6.07, 6.45) is 3.26. The van der Waals surface area contributed by atoms with Crippen molar-refractivity contribution in [2.75, 3.05) is 11.9 Å². The fraction of sp³-hybridized carbons (Fsp3) is 0.375. The number of anilines is 1. The molecule has 0 spiro atoms. The molecular weight excluding hydrogens is 282 g/mol. The molecule has 21 heavy (non-hydrogen) atoms. The molecule has 2 aromatic rings. The van der Waals surface area contributed by atoms with Gasteiger partial charge in [-0.3, -0.25) is 4.79 Å². The molecule has 1 aliphatic carbocycles. The number of thiazole rings is 1. The van der Waals surface area contributed by atoms with Gasteiger partial charge in [0.15, 0.2) is 5.13 Å². The van der Waals surface area contributed by atoms with Gasteiger partial charge in [-0.1, -0.05) is 41.7 Å². The quantitative estimate of drug-likeness (QED) is 0.862. The molecule has 1 aromatic carbocycles. The van der Waals surface area contributed by atoms with E-state index in [2.05, 4.69) is 27.8 Å². The Labute approximate surface area is 128 Å². The van der Waals surface area contributed by atoms with Crippen molar-refractivity contribution in [2.24, 2.45) is 0 Å². The first-order chi connectivity index (χ1) is 10.2. The van der Waals surface area contributed by atoms with E-state index in [4.69, 9.17) is 0 Å². The lowest BCUT2D eigenvalue weighted by molar-refractivity contribution is 0.0957. The number of nitrogens with zero attached hydrogens (tertiary/aromatic N) is 1. The maximum absolute atomic E-state index is 12.2. The van der Waals surface area contributed by atoms with Crippen LogP contribution in [0.3, 0.4) is 0 Å². The van der Waals surface area contributed by atoms with E-state index in [-0.39, 0.29) is 5.91 Å². The number of carbonyl (C=O) groups is 1. The SMILES string of the molecule is Cc1nc(NC2CC2)sc1C(=O)NCCc1ccccc1. The Morgan fingerprint density at radius 1 is 1.33 bits per heavy atom. The normalized spacial score (nSPS) is 14.0. The van der Waals surface area contributed by atoms with Gasteiger partial charge >= 0.3 is 0 Å². The molecule has 3 rings (SSSR count). The summed E-state index contributed by atoms with van der Waals surface area (Å²) in [5.41, 5.74) is 2.04. The maximum Gasteiger partial charge on any atom is 0.263 e. The first kappa shape index (κ1) is 14.1. The average molecular weight is 301 g/mol. The molecule has 1 aromatic heterocycles. The second kappa shape index (κ2) is 6.26. The fourth-order valence-corrected chi connectivity index (χ4v) is 3.08. The van der Waals surface area contributed by atoms with Crippen molar-refractivity contribution in [2.45, 2.75) is 32.2 Å². The zero-order chi connectivity index (χ0) is 14.7. The number of benzene rings is 1. The number of nitrogens with one attached hydrogen (secondary N) is 2. The lowest BCUT2D eigenvalue weighted by Gasteiger charge is -2.04. The van der Waals surface area contributed by atoms with Crippen molar-refractivity contribution in [1.29, 1.82) is 0 Å². The highest BCUT2D eigenvalue weighted by Crippen LogP contribution is 2.29. The lowest BCUT2D eigenvalue weighted by atomic mass is 10.1. The summed E-state index contributed by atoms with van der Waals surface area (Å²) in [5, 5.41) is 7.18. The van der Waals surface area contributed by atoms with Crippen LogP contribution in [0.25, 0.3) is 0 Å². The third-order valence-corrected chi connectivity index (χ3v) is 4.54. The minimum atomic E-state index is -0.0234. The minimum Gasteiger partial charge on any atom is -0.359 e. The molecule has 0 bridgehead atoms. The molecule has 2 N–H and O–H groups in total. The lowest BCUT2D eigenvalue weighted by Crippen LogP contribution is -2.25. The van der Waals surface area contributed by atoms with E-state index in [0.29, 0.717) is 17.5 Å². The predicted molar refractivity (Wildman–Crippen MR) is 86.0 cm³/mol. The van der Waals surface area contributed by atoms with Gasteiger partial charge in [-0.05, 0) is 31.7 Å². The highest BCUT2D eigenvalue weighted by atomic mass is 32.1. The topological polar surface area (TPSA) is 54.0 Å². The molecule has 1 heterocycles. The zero-order valence-corrected chi connectivity index (χ0v) is 12.9. The molecule has 1 saturated carbocycles. The third kappa shape index (κ3) is 3.82.